The lowest BCUT2D eigenvalue weighted by Gasteiger charge is -2.32. The van der Waals surface area contributed by atoms with Crippen LogP contribution in [0.3, 0.4) is 0 Å². The van der Waals surface area contributed by atoms with Gasteiger partial charge < -0.3 is 14.8 Å². The molecule has 0 saturated heterocycles. The Bertz CT molecular complexity index is 797. The van der Waals surface area contributed by atoms with Gasteiger partial charge in [-0.2, -0.15) is 13.2 Å². The molecule has 0 amide bonds. The van der Waals surface area contributed by atoms with Gasteiger partial charge in [-0.15, -0.1) is 0 Å². The molecule has 0 radical (unpaired) electrons. The van der Waals surface area contributed by atoms with Gasteiger partial charge in [0.1, 0.15) is 5.82 Å². The zero-order chi connectivity index (χ0) is 20.4. The lowest BCUT2D eigenvalue weighted by molar-refractivity contribution is -0.140. The highest BCUT2D eigenvalue weighted by Gasteiger charge is 2.40. The number of carbonyl (C=O) groups excluding carboxylic acids is 1. The number of hydrogen-bond acceptors (Lipinski definition) is 4. The predicted octanol–water partition coefficient (Wildman–Crippen LogP) is 4.29. The van der Waals surface area contributed by atoms with Crippen LogP contribution in [0.4, 0.5) is 17.6 Å². The van der Waals surface area contributed by atoms with Crippen LogP contribution in [-0.4, -0.2) is 26.3 Å². The van der Waals surface area contributed by atoms with Crippen LogP contribution in [0.25, 0.3) is 0 Å². The first-order chi connectivity index (χ1) is 12.6. The fourth-order valence-electron chi connectivity index (χ4n) is 3.12. The van der Waals surface area contributed by atoms with Crippen molar-refractivity contribution in [2.75, 3.05) is 20.3 Å². The Balaban J connectivity index is 2.76. The maximum atomic E-state index is 13.6. The van der Waals surface area contributed by atoms with Crippen molar-refractivity contribution < 1.29 is 31.8 Å². The van der Waals surface area contributed by atoms with Gasteiger partial charge in [0, 0.05) is 18.7 Å². The molecule has 1 unspecified atom stereocenters. The summed E-state index contributed by atoms with van der Waals surface area (Å²) in [4.78, 5) is 12.6. The molecule has 0 fully saturated rings. The van der Waals surface area contributed by atoms with E-state index in [-0.39, 0.29) is 24.4 Å². The van der Waals surface area contributed by atoms with Crippen LogP contribution < -0.4 is 5.32 Å². The standard InChI is InChI=1S/C19H21F4NO3/c1-5-27-18(25)17-15(9-26-4)24-11(3)10(2)16(17)13-7-6-12(20)8-14(13)19(21,22)23/h6-8,16,24H,5,9H2,1-4H3. The van der Waals surface area contributed by atoms with Gasteiger partial charge in [-0.25, -0.2) is 9.18 Å². The number of dihydropyridines is 1. The molecule has 0 aromatic heterocycles. The molecular formula is C19H21F4NO3. The van der Waals surface area contributed by atoms with Crippen LogP contribution in [0.1, 0.15) is 37.8 Å². The maximum absolute atomic E-state index is 13.6. The van der Waals surface area contributed by atoms with Gasteiger partial charge in [-0.05, 0) is 44.0 Å². The number of carbonyl (C=O) groups is 1. The second-order valence-corrected chi connectivity index (χ2v) is 6.14. The molecule has 1 aromatic carbocycles. The summed E-state index contributed by atoms with van der Waals surface area (Å²) in [5.41, 5.74) is 0.118. The Hall–Kier alpha value is -2.35. The number of hydrogen-bond donors (Lipinski definition) is 1. The van der Waals surface area contributed by atoms with Crippen LogP contribution in [0.5, 0.6) is 0 Å². The molecule has 1 N–H and O–H groups in total. The van der Waals surface area contributed by atoms with Crippen LogP contribution in [0, 0.1) is 5.82 Å². The molecule has 1 atom stereocenters. The molecule has 0 aliphatic carbocycles. The van der Waals surface area contributed by atoms with E-state index in [0.29, 0.717) is 23.0 Å². The molecule has 1 aliphatic rings. The van der Waals surface area contributed by atoms with Crippen LogP contribution in [0.15, 0.2) is 40.7 Å². The monoisotopic (exact) mass is 387 g/mol. The summed E-state index contributed by atoms with van der Waals surface area (Å²) in [6, 6.07) is 2.46. The van der Waals surface area contributed by atoms with Crippen molar-refractivity contribution in [2.45, 2.75) is 32.9 Å². The Morgan fingerprint density at radius 2 is 1.93 bits per heavy atom. The second-order valence-electron chi connectivity index (χ2n) is 6.14. The Labute approximate surface area is 154 Å². The summed E-state index contributed by atoms with van der Waals surface area (Å²) in [5, 5.41) is 3.00. The van der Waals surface area contributed by atoms with Crippen molar-refractivity contribution in [3.05, 3.63) is 57.7 Å². The molecule has 2 rings (SSSR count). The fourth-order valence-corrected chi connectivity index (χ4v) is 3.12. The molecule has 0 bridgehead atoms. The number of nitrogens with one attached hydrogen (secondary N) is 1. The van der Waals surface area contributed by atoms with E-state index in [1.165, 1.54) is 7.11 Å². The average molecular weight is 387 g/mol. The van der Waals surface area contributed by atoms with Gasteiger partial charge in [0.05, 0.1) is 30.0 Å². The largest absolute Gasteiger partial charge is 0.463 e. The summed E-state index contributed by atoms with van der Waals surface area (Å²) in [7, 11) is 1.41. The molecule has 1 aromatic rings. The van der Waals surface area contributed by atoms with E-state index in [1.54, 1.807) is 20.8 Å². The fraction of sp³-hybridized carbons (Fsp3) is 0.421. The molecule has 0 saturated carbocycles. The number of halogens is 4. The van der Waals surface area contributed by atoms with E-state index >= 15 is 0 Å². The normalized spacial score (nSPS) is 17.9. The van der Waals surface area contributed by atoms with Gasteiger partial charge in [-0.3, -0.25) is 0 Å². The second kappa shape index (κ2) is 8.12. The third-order valence-corrected chi connectivity index (χ3v) is 4.39. The zero-order valence-corrected chi connectivity index (χ0v) is 15.5. The van der Waals surface area contributed by atoms with Crippen molar-refractivity contribution in [1.29, 1.82) is 0 Å². The molecule has 1 aliphatic heterocycles. The summed E-state index contributed by atoms with van der Waals surface area (Å²) < 4.78 is 64.4. The number of rotatable bonds is 5. The molecule has 0 spiro atoms. The molecule has 27 heavy (non-hydrogen) atoms. The van der Waals surface area contributed by atoms with Gasteiger partial charge >= 0.3 is 12.1 Å². The first kappa shape index (κ1) is 21.0. The quantitative estimate of drug-likeness (QED) is 0.605. The van der Waals surface area contributed by atoms with E-state index < -0.39 is 29.4 Å². The number of ether oxygens (including phenoxy) is 2. The zero-order valence-electron chi connectivity index (χ0n) is 15.5. The average Bonchev–Trinajstić information content (AvgIpc) is 2.57. The minimum Gasteiger partial charge on any atom is -0.463 e. The van der Waals surface area contributed by atoms with Gasteiger partial charge in [0.25, 0.3) is 0 Å². The third-order valence-electron chi connectivity index (χ3n) is 4.39. The lowest BCUT2D eigenvalue weighted by Crippen LogP contribution is -2.32. The van der Waals surface area contributed by atoms with Crippen LogP contribution >= 0.6 is 0 Å². The number of esters is 1. The van der Waals surface area contributed by atoms with E-state index in [2.05, 4.69) is 5.32 Å². The summed E-state index contributed by atoms with van der Waals surface area (Å²) >= 11 is 0. The van der Waals surface area contributed by atoms with Crippen molar-refractivity contribution in [1.82, 2.24) is 5.32 Å². The van der Waals surface area contributed by atoms with Crippen molar-refractivity contribution in [2.24, 2.45) is 0 Å². The van der Waals surface area contributed by atoms with E-state index in [1.807, 2.05) is 0 Å². The number of benzene rings is 1. The minimum atomic E-state index is -4.78. The Morgan fingerprint density at radius 1 is 1.26 bits per heavy atom. The Kier molecular flexibility index (Phi) is 6.30. The summed E-state index contributed by atoms with van der Waals surface area (Å²) in [6.07, 6.45) is -4.78. The predicted molar refractivity (Wildman–Crippen MR) is 91.2 cm³/mol. The topological polar surface area (TPSA) is 47.6 Å². The number of alkyl halides is 3. The number of allylic oxidation sites excluding steroid dienone is 2. The van der Waals surface area contributed by atoms with Crippen LogP contribution in [-0.2, 0) is 20.4 Å². The Morgan fingerprint density at radius 3 is 2.48 bits per heavy atom. The highest BCUT2D eigenvalue weighted by atomic mass is 19.4. The molecular weight excluding hydrogens is 366 g/mol. The number of methoxy groups -OCH3 is 1. The summed E-state index contributed by atoms with van der Waals surface area (Å²) in [6.45, 7) is 4.97. The van der Waals surface area contributed by atoms with Crippen molar-refractivity contribution in [3.8, 4) is 0 Å². The first-order valence-corrected chi connectivity index (χ1v) is 8.31. The SMILES string of the molecule is CCOC(=O)C1=C(COC)NC(C)=C(C)C1c1ccc(F)cc1C(F)(F)F. The van der Waals surface area contributed by atoms with E-state index in [9.17, 15) is 22.4 Å². The minimum absolute atomic E-state index is 0.0161. The molecule has 8 heteroatoms. The third kappa shape index (κ3) is 4.32. The van der Waals surface area contributed by atoms with Crippen molar-refractivity contribution in [3.63, 3.8) is 0 Å². The smallest absolute Gasteiger partial charge is 0.416 e. The van der Waals surface area contributed by atoms with Crippen LogP contribution in [0.2, 0.25) is 0 Å². The molecule has 148 valence electrons. The van der Waals surface area contributed by atoms with Gasteiger partial charge in [-0.1, -0.05) is 6.07 Å². The van der Waals surface area contributed by atoms with E-state index in [4.69, 9.17) is 9.47 Å². The van der Waals surface area contributed by atoms with E-state index in [0.717, 1.165) is 12.1 Å². The molecule has 4 nitrogen and oxygen atoms in total. The highest BCUT2D eigenvalue weighted by molar-refractivity contribution is 5.93. The maximum Gasteiger partial charge on any atom is 0.416 e. The summed E-state index contributed by atoms with van der Waals surface area (Å²) in [5.74, 6) is -2.78. The van der Waals surface area contributed by atoms with Gasteiger partial charge in [0.2, 0.25) is 0 Å². The van der Waals surface area contributed by atoms with Crippen molar-refractivity contribution >= 4 is 5.97 Å². The van der Waals surface area contributed by atoms with Gasteiger partial charge in [0.15, 0.2) is 0 Å². The first-order valence-electron chi connectivity index (χ1n) is 8.31. The highest BCUT2D eigenvalue weighted by Crippen LogP contribution is 2.44. The lowest BCUT2D eigenvalue weighted by atomic mass is 9.79. The molecule has 1 heterocycles.